The average Bonchev–Trinajstić information content (AvgIpc) is 2.49. The molecule has 106 valence electrons. The Bertz CT molecular complexity index is 533. The summed E-state index contributed by atoms with van der Waals surface area (Å²) in [6, 6.07) is 17.3. The van der Waals surface area contributed by atoms with Crippen molar-refractivity contribution < 1.29 is 4.74 Å². The van der Waals surface area contributed by atoms with E-state index in [9.17, 15) is 0 Å². The average molecular weight is 269 g/mol. The largest absolute Gasteiger partial charge is 0.497 e. The molecule has 0 saturated carbocycles. The van der Waals surface area contributed by atoms with Gasteiger partial charge in [0, 0.05) is 6.04 Å². The number of methoxy groups -OCH3 is 1. The van der Waals surface area contributed by atoms with Crippen molar-refractivity contribution in [2.75, 3.05) is 13.7 Å². The van der Waals surface area contributed by atoms with Gasteiger partial charge in [-0.2, -0.15) is 0 Å². The summed E-state index contributed by atoms with van der Waals surface area (Å²) in [4.78, 5) is 0. The summed E-state index contributed by atoms with van der Waals surface area (Å²) >= 11 is 0. The molecule has 0 fully saturated rings. The molecule has 0 aliphatic heterocycles. The Labute approximate surface area is 121 Å². The van der Waals surface area contributed by atoms with Crippen molar-refractivity contribution in [1.29, 1.82) is 0 Å². The molecule has 0 spiro atoms. The van der Waals surface area contributed by atoms with E-state index >= 15 is 0 Å². The summed E-state index contributed by atoms with van der Waals surface area (Å²) in [5.74, 6) is 0.912. The highest BCUT2D eigenvalue weighted by atomic mass is 16.5. The van der Waals surface area contributed by atoms with E-state index in [0.29, 0.717) is 6.04 Å². The minimum Gasteiger partial charge on any atom is -0.497 e. The van der Waals surface area contributed by atoms with Gasteiger partial charge in [-0.3, -0.25) is 0 Å². The summed E-state index contributed by atoms with van der Waals surface area (Å²) in [5.41, 5.74) is 3.95. The molecular weight excluding hydrogens is 246 g/mol. The van der Waals surface area contributed by atoms with Gasteiger partial charge in [0.25, 0.3) is 0 Å². The third-order valence-electron chi connectivity index (χ3n) is 3.58. The molecule has 0 heterocycles. The Morgan fingerprint density at radius 3 is 2.55 bits per heavy atom. The number of rotatable bonds is 6. The molecule has 1 N–H and O–H groups in total. The predicted molar refractivity (Wildman–Crippen MR) is 84.3 cm³/mol. The van der Waals surface area contributed by atoms with Crippen molar-refractivity contribution in [1.82, 2.24) is 5.32 Å². The first-order chi connectivity index (χ1) is 9.69. The van der Waals surface area contributed by atoms with Crippen LogP contribution in [0, 0.1) is 6.92 Å². The lowest BCUT2D eigenvalue weighted by Crippen LogP contribution is -2.21. The van der Waals surface area contributed by atoms with Crippen molar-refractivity contribution in [3.63, 3.8) is 0 Å². The van der Waals surface area contributed by atoms with E-state index in [1.165, 1.54) is 16.7 Å². The van der Waals surface area contributed by atoms with E-state index in [-0.39, 0.29) is 0 Å². The van der Waals surface area contributed by atoms with Crippen LogP contribution in [0.3, 0.4) is 0 Å². The fourth-order valence-electron chi connectivity index (χ4n) is 2.22. The van der Waals surface area contributed by atoms with E-state index in [1.54, 1.807) is 7.11 Å². The number of ether oxygens (including phenoxy) is 1. The van der Waals surface area contributed by atoms with Gasteiger partial charge in [-0.15, -0.1) is 0 Å². The fraction of sp³-hybridized carbons (Fsp3) is 0.333. The summed E-state index contributed by atoms with van der Waals surface area (Å²) in [6.45, 7) is 5.28. The van der Waals surface area contributed by atoms with Gasteiger partial charge in [0.05, 0.1) is 7.11 Å². The number of hydrogen-bond donors (Lipinski definition) is 1. The lowest BCUT2D eigenvalue weighted by atomic mass is 10.1. The summed E-state index contributed by atoms with van der Waals surface area (Å²) in [5, 5.41) is 3.56. The van der Waals surface area contributed by atoms with E-state index in [4.69, 9.17) is 4.74 Å². The molecule has 0 bridgehead atoms. The van der Waals surface area contributed by atoms with Crippen LogP contribution in [0.2, 0.25) is 0 Å². The van der Waals surface area contributed by atoms with Gasteiger partial charge in [-0.25, -0.2) is 0 Å². The Morgan fingerprint density at radius 1 is 1.10 bits per heavy atom. The normalized spacial score (nSPS) is 12.2. The summed E-state index contributed by atoms with van der Waals surface area (Å²) in [6.07, 6.45) is 1.05. The maximum atomic E-state index is 5.26. The Balaban J connectivity index is 1.85. The predicted octanol–water partition coefficient (Wildman–Crippen LogP) is 3.90. The first-order valence-corrected chi connectivity index (χ1v) is 7.12. The zero-order chi connectivity index (χ0) is 14.4. The Morgan fingerprint density at radius 2 is 1.85 bits per heavy atom. The Hall–Kier alpha value is -1.80. The third-order valence-corrected chi connectivity index (χ3v) is 3.58. The van der Waals surface area contributed by atoms with Crippen LogP contribution in [0.5, 0.6) is 5.75 Å². The van der Waals surface area contributed by atoms with Crippen LogP contribution in [0.1, 0.15) is 29.7 Å². The molecule has 2 heteroatoms. The van der Waals surface area contributed by atoms with Crippen molar-refractivity contribution in [3.05, 3.63) is 65.2 Å². The van der Waals surface area contributed by atoms with Gasteiger partial charge in [-0.05, 0) is 50.1 Å². The Kier molecular flexibility index (Phi) is 5.19. The smallest absolute Gasteiger partial charge is 0.119 e. The quantitative estimate of drug-likeness (QED) is 0.859. The molecule has 0 aliphatic rings. The van der Waals surface area contributed by atoms with Crippen LogP contribution >= 0.6 is 0 Å². The van der Waals surface area contributed by atoms with Crippen LogP contribution in [-0.4, -0.2) is 13.7 Å². The fourth-order valence-corrected chi connectivity index (χ4v) is 2.22. The molecule has 0 aliphatic carbocycles. The van der Waals surface area contributed by atoms with Crippen LogP contribution in [-0.2, 0) is 6.42 Å². The standard InChI is InChI=1S/C18H23NO/c1-14-7-9-16(10-8-14)11-12-19-15(2)17-5-4-6-18(13-17)20-3/h4-10,13,15,19H,11-12H2,1-3H3/t15-/m0/s1. The monoisotopic (exact) mass is 269 g/mol. The number of benzene rings is 2. The molecule has 2 nitrogen and oxygen atoms in total. The maximum absolute atomic E-state index is 5.26. The molecule has 0 amide bonds. The van der Waals surface area contributed by atoms with Crippen molar-refractivity contribution in [2.24, 2.45) is 0 Å². The molecule has 0 aromatic heterocycles. The number of nitrogens with one attached hydrogen (secondary N) is 1. The lowest BCUT2D eigenvalue weighted by molar-refractivity contribution is 0.413. The van der Waals surface area contributed by atoms with Gasteiger partial charge in [-0.1, -0.05) is 42.0 Å². The zero-order valence-electron chi connectivity index (χ0n) is 12.5. The highest BCUT2D eigenvalue weighted by Gasteiger charge is 2.05. The van der Waals surface area contributed by atoms with Gasteiger partial charge in [0.1, 0.15) is 5.75 Å². The summed E-state index contributed by atoms with van der Waals surface area (Å²) in [7, 11) is 1.70. The molecule has 0 saturated heterocycles. The molecule has 2 aromatic carbocycles. The maximum Gasteiger partial charge on any atom is 0.119 e. The zero-order valence-corrected chi connectivity index (χ0v) is 12.5. The van der Waals surface area contributed by atoms with Crippen molar-refractivity contribution in [2.45, 2.75) is 26.3 Å². The van der Waals surface area contributed by atoms with Gasteiger partial charge < -0.3 is 10.1 Å². The second kappa shape index (κ2) is 7.11. The number of hydrogen-bond acceptors (Lipinski definition) is 2. The molecule has 2 rings (SSSR count). The highest BCUT2D eigenvalue weighted by molar-refractivity contribution is 5.30. The molecule has 2 aromatic rings. The molecule has 0 unspecified atom stereocenters. The van der Waals surface area contributed by atoms with E-state index in [2.05, 4.69) is 55.6 Å². The van der Waals surface area contributed by atoms with Crippen molar-refractivity contribution in [3.8, 4) is 5.75 Å². The second-order valence-corrected chi connectivity index (χ2v) is 5.19. The van der Waals surface area contributed by atoms with Crippen LogP contribution in [0.4, 0.5) is 0 Å². The molecule has 1 atom stereocenters. The lowest BCUT2D eigenvalue weighted by Gasteiger charge is -2.15. The van der Waals surface area contributed by atoms with E-state index in [1.807, 2.05) is 12.1 Å². The SMILES string of the molecule is COc1cccc([C@H](C)NCCc2ccc(C)cc2)c1. The number of aryl methyl sites for hydroxylation is 1. The summed E-state index contributed by atoms with van der Waals surface area (Å²) < 4.78 is 5.26. The molecule has 20 heavy (non-hydrogen) atoms. The first kappa shape index (κ1) is 14.6. The minimum atomic E-state index is 0.329. The minimum absolute atomic E-state index is 0.329. The second-order valence-electron chi connectivity index (χ2n) is 5.19. The first-order valence-electron chi connectivity index (χ1n) is 7.12. The van der Waals surface area contributed by atoms with Crippen LogP contribution < -0.4 is 10.1 Å². The van der Waals surface area contributed by atoms with Crippen LogP contribution in [0.15, 0.2) is 48.5 Å². The van der Waals surface area contributed by atoms with Gasteiger partial charge >= 0.3 is 0 Å². The third kappa shape index (κ3) is 4.10. The van der Waals surface area contributed by atoms with Crippen LogP contribution in [0.25, 0.3) is 0 Å². The van der Waals surface area contributed by atoms with E-state index < -0.39 is 0 Å². The van der Waals surface area contributed by atoms with Gasteiger partial charge in [0.15, 0.2) is 0 Å². The van der Waals surface area contributed by atoms with Gasteiger partial charge in [0.2, 0.25) is 0 Å². The van der Waals surface area contributed by atoms with E-state index in [0.717, 1.165) is 18.7 Å². The highest BCUT2D eigenvalue weighted by Crippen LogP contribution is 2.18. The molecule has 0 radical (unpaired) electrons. The molecular formula is C18H23NO. The van der Waals surface area contributed by atoms with Crippen molar-refractivity contribution >= 4 is 0 Å². The topological polar surface area (TPSA) is 21.3 Å².